The molecule has 1 aliphatic rings. The van der Waals surface area contributed by atoms with Crippen LogP contribution in [0.15, 0.2) is 17.2 Å². The highest BCUT2D eigenvalue weighted by atomic mass is 32.2. The number of aryl methyl sites for hydroxylation is 1. The van der Waals surface area contributed by atoms with Crippen LogP contribution >= 0.6 is 0 Å². The first-order valence-electron chi connectivity index (χ1n) is 5.92. The molecule has 2 rings (SSSR count). The van der Waals surface area contributed by atoms with Crippen molar-refractivity contribution in [3.05, 3.63) is 18.0 Å². The molecular weight excluding hydrogens is 270 g/mol. The van der Waals surface area contributed by atoms with Gasteiger partial charge in [-0.2, -0.15) is 0 Å². The number of hydrogen-bond donors (Lipinski definition) is 1. The Morgan fingerprint density at radius 3 is 2.58 bits per heavy atom. The predicted octanol–water partition coefficient (Wildman–Crippen LogP) is -0.594. The van der Waals surface area contributed by atoms with Gasteiger partial charge in [0.05, 0.1) is 13.2 Å². The number of hydrogen-bond acceptors (Lipinski definition) is 4. The van der Waals surface area contributed by atoms with Gasteiger partial charge < -0.3 is 14.2 Å². The topological polar surface area (TPSA) is 80.6 Å². The fraction of sp³-hybridized carbons (Fsp3) is 0.545. The lowest BCUT2D eigenvalue weighted by atomic mass is 10.3. The van der Waals surface area contributed by atoms with Crippen molar-refractivity contribution in [2.24, 2.45) is 7.05 Å². The van der Waals surface area contributed by atoms with E-state index in [-0.39, 0.29) is 10.8 Å². The molecule has 0 aliphatic carbocycles. The third-order valence-electron chi connectivity index (χ3n) is 3.08. The van der Waals surface area contributed by atoms with Gasteiger partial charge in [0.1, 0.15) is 10.6 Å². The van der Waals surface area contributed by atoms with E-state index >= 15 is 0 Å². The molecule has 0 radical (unpaired) electrons. The van der Waals surface area contributed by atoms with Gasteiger partial charge in [-0.15, -0.1) is 0 Å². The van der Waals surface area contributed by atoms with E-state index in [1.807, 2.05) is 0 Å². The van der Waals surface area contributed by atoms with E-state index in [0.29, 0.717) is 32.0 Å². The van der Waals surface area contributed by atoms with Crippen LogP contribution in [0.25, 0.3) is 0 Å². The van der Waals surface area contributed by atoms with Gasteiger partial charge >= 0.3 is 0 Å². The highest BCUT2D eigenvalue weighted by Gasteiger charge is 2.24. The maximum atomic E-state index is 12.3. The van der Waals surface area contributed by atoms with E-state index < -0.39 is 10.0 Å². The Morgan fingerprint density at radius 2 is 2.00 bits per heavy atom. The first kappa shape index (κ1) is 14.0. The van der Waals surface area contributed by atoms with Crippen molar-refractivity contribution < 1.29 is 17.9 Å². The SMILES string of the molecule is CNS(=O)(=O)c1cc(C(=O)N2CCOCC2)n(C)c1. The van der Waals surface area contributed by atoms with Gasteiger partial charge in [-0.1, -0.05) is 0 Å². The van der Waals surface area contributed by atoms with Crippen LogP contribution in [-0.2, 0) is 21.8 Å². The van der Waals surface area contributed by atoms with Crippen LogP contribution in [0, 0.1) is 0 Å². The molecule has 0 unspecified atom stereocenters. The number of nitrogens with zero attached hydrogens (tertiary/aromatic N) is 2. The molecule has 106 valence electrons. The Morgan fingerprint density at radius 1 is 1.37 bits per heavy atom. The third-order valence-corrected chi connectivity index (χ3v) is 4.46. The maximum Gasteiger partial charge on any atom is 0.270 e. The maximum absolute atomic E-state index is 12.3. The molecule has 1 N–H and O–H groups in total. The molecule has 7 nitrogen and oxygen atoms in total. The van der Waals surface area contributed by atoms with Gasteiger partial charge in [0.15, 0.2) is 0 Å². The molecule has 0 atom stereocenters. The Bertz CT molecular complexity index is 573. The standard InChI is InChI=1S/C11H17N3O4S/c1-12-19(16,17)9-7-10(13(2)8-9)11(15)14-3-5-18-6-4-14/h7-8,12H,3-6H2,1-2H3. The highest BCUT2D eigenvalue weighted by Crippen LogP contribution is 2.15. The number of ether oxygens (including phenoxy) is 1. The largest absolute Gasteiger partial charge is 0.378 e. The average Bonchev–Trinajstić information content (AvgIpc) is 2.82. The molecule has 1 aliphatic heterocycles. The summed E-state index contributed by atoms with van der Waals surface area (Å²) in [5, 5.41) is 0. The number of sulfonamides is 1. The zero-order chi connectivity index (χ0) is 14.0. The van der Waals surface area contributed by atoms with Gasteiger partial charge in [-0.3, -0.25) is 4.79 Å². The molecule has 2 heterocycles. The molecular formula is C11H17N3O4S. The second-order valence-corrected chi connectivity index (χ2v) is 6.17. The summed E-state index contributed by atoms with van der Waals surface area (Å²) in [6.07, 6.45) is 1.43. The number of amides is 1. The number of carbonyl (C=O) groups is 1. The number of nitrogens with one attached hydrogen (secondary N) is 1. The molecule has 8 heteroatoms. The first-order valence-corrected chi connectivity index (χ1v) is 7.41. The van der Waals surface area contributed by atoms with Gasteiger partial charge in [0.2, 0.25) is 10.0 Å². The van der Waals surface area contributed by atoms with Crippen molar-refractivity contribution in [1.82, 2.24) is 14.2 Å². The van der Waals surface area contributed by atoms with Crippen molar-refractivity contribution in [2.75, 3.05) is 33.4 Å². The van der Waals surface area contributed by atoms with Crippen LogP contribution in [0.5, 0.6) is 0 Å². The van der Waals surface area contributed by atoms with Crippen molar-refractivity contribution >= 4 is 15.9 Å². The molecule has 1 amide bonds. The Labute approximate surface area is 112 Å². The zero-order valence-electron chi connectivity index (χ0n) is 10.9. The summed E-state index contributed by atoms with van der Waals surface area (Å²) in [5.41, 5.74) is 0.357. The Kier molecular flexibility index (Phi) is 3.93. The van der Waals surface area contributed by atoms with Crippen molar-refractivity contribution in [2.45, 2.75) is 4.90 Å². The summed E-state index contributed by atoms with van der Waals surface area (Å²) in [7, 11) is -0.536. The number of carbonyl (C=O) groups excluding carboxylic acids is 1. The molecule has 1 aromatic heterocycles. The quantitative estimate of drug-likeness (QED) is 0.805. The summed E-state index contributed by atoms with van der Waals surface area (Å²) in [6.45, 7) is 2.08. The smallest absolute Gasteiger partial charge is 0.270 e. The van der Waals surface area contributed by atoms with E-state index in [1.165, 1.54) is 23.9 Å². The van der Waals surface area contributed by atoms with Gasteiger partial charge in [0, 0.05) is 26.3 Å². The number of rotatable bonds is 3. The summed E-state index contributed by atoms with van der Waals surface area (Å²) >= 11 is 0. The van der Waals surface area contributed by atoms with E-state index in [2.05, 4.69) is 4.72 Å². The third kappa shape index (κ3) is 2.80. The highest BCUT2D eigenvalue weighted by molar-refractivity contribution is 7.89. The van der Waals surface area contributed by atoms with Crippen molar-refractivity contribution in [1.29, 1.82) is 0 Å². The van der Waals surface area contributed by atoms with Gasteiger partial charge in [-0.05, 0) is 13.1 Å². The van der Waals surface area contributed by atoms with E-state index in [4.69, 9.17) is 4.74 Å². The second-order valence-electron chi connectivity index (χ2n) is 4.28. The Balaban J connectivity index is 2.28. The lowest BCUT2D eigenvalue weighted by molar-refractivity contribution is 0.0296. The number of aromatic nitrogens is 1. The number of morpholine rings is 1. The zero-order valence-corrected chi connectivity index (χ0v) is 11.7. The fourth-order valence-corrected chi connectivity index (χ4v) is 2.74. The summed E-state index contributed by atoms with van der Waals surface area (Å²) in [6, 6.07) is 1.39. The molecule has 0 bridgehead atoms. The minimum Gasteiger partial charge on any atom is -0.378 e. The van der Waals surface area contributed by atoms with Gasteiger partial charge in [0.25, 0.3) is 5.91 Å². The minimum absolute atomic E-state index is 0.0918. The monoisotopic (exact) mass is 287 g/mol. The van der Waals surface area contributed by atoms with Crippen molar-refractivity contribution in [3.8, 4) is 0 Å². The van der Waals surface area contributed by atoms with Crippen LogP contribution in [0.1, 0.15) is 10.5 Å². The molecule has 1 saturated heterocycles. The second kappa shape index (κ2) is 5.32. The minimum atomic E-state index is -3.53. The molecule has 19 heavy (non-hydrogen) atoms. The van der Waals surface area contributed by atoms with E-state index in [1.54, 1.807) is 11.9 Å². The van der Waals surface area contributed by atoms with E-state index in [9.17, 15) is 13.2 Å². The van der Waals surface area contributed by atoms with E-state index in [0.717, 1.165) is 0 Å². The molecule has 1 aromatic rings. The lowest BCUT2D eigenvalue weighted by Gasteiger charge is -2.26. The summed E-state index contributed by atoms with van der Waals surface area (Å²) in [4.78, 5) is 14.0. The normalized spacial score (nSPS) is 16.6. The van der Waals surface area contributed by atoms with Gasteiger partial charge in [-0.25, -0.2) is 13.1 Å². The van der Waals surface area contributed by atoms with Crippen molar-refractivity contribution in [3.63, 3.8) is 0 Å². The summed E-state index contributed by atoms with van der Waals surface area (Å²) < 4.78 is 32.3. The molecule has 1 fully saturated rings. The van der Waals surface area contributed by atoms with Crippen LogP contribution < -0.4 is 4.72 Å². The summed E-state index contributed by atoms with van der Waals surface area (Å²) in [5.74, 6) is -0.177. The van der Waals surface area contributed by atoms with Crippen LogP contribution in [0.3, 0.4) is 0 Å². The predicted molar refractivity (Wildman–Crippen MR) is 68.4 cm³/mol. The lowest BCUT2D eigenvalue weighted by Crippen LogP contribution is -2.41. The van der Waals surface area contributed by atoms with Crippen LogP contribution in [0.2, 0.25) is 0 Å². The first-order chi connectivity index (χ1) is 8.95. The fourth-order valence-electron chi connectivity index (χ4n) is 1.94. The molecule has 0 spiro atoms. The molecule has 0 saturated carbocycles. The van der Waals surface area contributed by atoms with Crippen LogP contribution in [-0.4, -0.2) is 57.1 Å². The Hall–Kier alpha value is -1.38. The average molecular weight is 287 g/mol. The molecule has 0 aromatic carbocycles. The van der Waals surface area contributed by atoms with Crippen LogP contribution in [0.4, 0.5) is 0 Å².